The number of benzene rings is 3. The molecular formula is C34H39N3O. The van der Waals surface area contributed by atoms with E-state index in [9.17, 15) is 4.79 Å². The summed E-state index contributed by atoms with van der Waals surface area (Å²) in [5.74, 6) is 2.82. The first-order chi connectivity index (χ1) is 18.4. The van der Waals surface area contributed by atoms with E-state index in [1.165, 1.54) is 50.6 Å². The van der Waals surface area contributed by atoms with Crippen LogP contribution < -0.4 is 11.1 Å². The number of nitrogens with two attached hydrogens (primary N) is 1. The van der Waals surface area contributed by atoms with E-state index in [0.29, 0.717) is 16.8 Å². The lowest BCUT2D eigenvalue weighted by atomic mass is 9.49. The number of amides is 1. The number of anilines is 2. The monoisotopic (exact) mass is 505 g/mol. The van der Waals surface area contributed by atoms with Crippen molar-refractivity contribution in [3.8, 4) is 11.1 Å². The number of nitrogens with zero attached hydrogens (tertiary/aromatic N) is 1. The molecule has 4 aliphatic rings. The molecule has 3 aromatic rings. The van der Waals surface area contributed by atoms with Crippen molar-refractivity contribution < 1.29 is 4.79 Å². The standard InChI is InChI=1S/C34H39N3O/c1-37(23-34-19-26-15-27(20-34)17-28(16-26)21-34)22-25-9-7-24(8-10-25)11-14-33(38)36-32-13-12-30(18-31(32)35)29-5-3-2-4-6-29/h2-14,18,26-28H,15-17,19-23,35H2,1H3,(H,36,38)/b14-11+. The first kappa shape index (κ1) is 24.9. The minimum absolute atomic E-state index is 0.191. The Bertz CT molecular complexity index is 1280. The Balaban J connectivity index is 1.02. The summed E-state index contributed by atoms with van der Waals surface area (Å²) in [7, 11) is 2.29. The number of nitrogens with one attached hydrogen (secondary N) is 1. The number of hydrogen-bond donors (Lipinski definition) is 2. The van der Waals surface area contributed by atoms with E-state index in [1.807, 2.05) is 54.6 Å². The van der Waals surface area contributed by atoms with Crippen molar-refractivity contribution in [1.82, 2.24) is 4.90 Å². The fourth-order valence-electron chi connectivity index (χ4n) is 7.99. The summed E-state index contributed by atoms with van der Waals surface area (Å²) in [6.07, 6.45) is 12.3. The fraction of sp³-hybridized carbons (Fsp3) is 0.382. The van der Waals surface area contributed by atoms with Crippen LogP contribution in [-0.2, 0) is 11.3 Å². The average molecular weight is 506 g/mol. The van der Waals surface area contributed by atoms with Crippen LogP contribution >= 0.6 is 0 Å². The maximum atomic E-state index is 12.5. The predicted octanol–water partition coefficient (Wildman–Crippen LogP) is 7.24. The molecule has 4 heteroatoms. The molecule has 3 aromatic carbocycles. The maximum Gasteiger partial charge on any atom is 0.248 e. The van der Waals surface area contributed by atoms with Crippen molar-refractivity contribution in [2.45, 2.75) is 45.1 Å². The lowest BCUT2D eigenvalue weighted by Gasteiger charge is -2.57. The highest BCUT2D eigenvalue weighted by Crippen LogP contribution is 2.60. The van der Waals surface area contributed by atoms with Gasteiger partial charge in [0.1, 0.15) is 0 Å². The largest absolute Gasteiger partial charge is 0.397 e. The minimum Gasteiger partial charge on any atom is -0.397 e. The third-order valence-electron chi connectivity index (χ3n) is 9.05. The van der Waals surface area contributed by atoms with Crippen molar-refractivity contribution >= 4 is 23.4 Å². The first-order valence-corrected chi connectivity index (χ1v) is 14.1. The zero-order chi connectivity index (χ0) is 26.1. The number of hydrogen-bond acceptors (Lipinski definition) is 3. The van der Waals surface area contributed by atoms with Crippen LogP contribution in [-0.4, -0.2) is 24.4 Å². The molecule has 196 valence electrons. The van der Waals surface area contributed by atoms with Gasteiger partial charge in [0, 0.05) is 19.2 Å². The molecule has 3 N–H and O–H groups in total. The first-order valence-electron chi connectivity index (χ1n) is 14.1. The zero-order valence-electron chi connectivity index (χ0n) is 22.4. The number of nitrogen functional groups attached to an aromatic ring is 1. The third kappa shape index (κ3) is 5.56. The van der Waals surface area contributed by atoms with Crippen LogP contribution in [0.4, 0.5) is 11.4 Å². The van der Waals surface area contributed by atoms with Gasteiger partial charge < -0.3 is 16.0 Å². The lowest BCUT2D eigenvalue weighted by molar-refractivity contribution is -0.111. The molecule has 7 rings (SSSR count). The molecule has 0 unspecified atom stereocenters. The van der Waals surface area contributed by atoms with Crippen LogP contribution in [0, 0.1) is 23.2 Å². The zero-order valence-corrected chi connectivity index (χ0v) is 22.4. The van der Waals surface area contributed by atoms with Gasteiger partial charge in [0.25, 0.3) is 0 Å². The Kier molecular flexibility index (Phi) is 6.84. The summed E-state index contributed by atoms with van der Waals surface area (Å²) in [4.78, 5) is 15.1. The van der Waals surface area contributed by atoms with Crippen LogP contribution in [0.2, 0.25) is 0 Å². The maximum absolute atomic E-state index is 12.5. The van der Waals surface area contributed by atoms with E-state index in [1.54, 1.807) is 6.08 Å². The Morgan fingerprint density at radius 1 is 0.921 bits per heavy atom. The minimum atomic E-state index is -0.191. The van der Waals surface area contributed by atoms with Gasteiger partial charge >= 0.3 is 0 Å². The van der Waals surface area contributed by atoms with E-state index in [-0.39, 0.29) is 5.91 Å². The van der Waals surface area contributed by atoms with Crippen LogP contribution in [0.5, 0.6) is 0 Å². The SMILES string of the molecule is CN(Cc1ccc(/C=C/C(=O)Nc2ccc(-c3ccccc3)cc2N)cc1)CC12CC3CC(CC(C3)C1)C2. The van der Waals surface area contributed by atoms with E-state index < -0.39 is 0 Å². The molecule has 38 heavy (non-hydrogen) atoms. The second kappa shape index (κ2) is 10.4. The second-order valence-electron chi connectivity index (χ2n) is 12.3. The molecule has 4 aliphatic carbocycles. The van der Waals surface area contributed by atoms with Gasteiger partial charge in [-0.2, -0.15) is 0 Å². The van der Waals surface area contributed by atoms with Crippen molar-refractivity contribution in [2.24, 2.45) is 23.2 Å². The molecule has 4 saturated carbocycles. The highest BCUT2D eigenvalue weighted by Gasteiger charge is 2.50. The normalized spacial score (nSPS) is 25.8. The van der Waals surface area contributed by atoms with Crippen molar-refractivity contribution in [2.75, 3.05) is 24.6 Å². The van der Waals surface area contributed by atoms with E-state index in [0.717, 1.165) is 41.0 Å². The number of carbonyl (C=O) groups is 1. The molecule has 0 atom stereocenters. The topological polar surface area (TPSA) is 58.4 Å². The van der Waals surface area contributed by atoms with Gasteiger partial charge in [0.05, 0.1) is 11.4 Å². The molecule has 4 bridgehead atoms. The van der Waals surface area contributed by atoms with Gasteiger partial charge in [0.2, 0.25) is 5.91 Å². The van der Waals surface area contributed by atoms with Crippen molar-refractivity contribution in [3.05, 3.63) is 90.0 Å². The Labute approximate surface area is 226 Å². The molecule has 0 saturated heterocycles. The molecule has 4 fully saturated rings. The van der Waals surface area contributed by atoms with Gasteiger partial charge in [-0.3, -0.25) is 4.79 Å². The molecule has 4 nitrogen and oxygen atoms in total. The molecule has 0 radical (unpaired) electrons. The van der Waals surface area contributed by atoms with Crippen LogP contribution in [0.15, 0.2) is 78.9 Å². The quantitative estimate of drug-likeness (QED) is 0.251. The lowest BCUT2D eigenvalue weighted by Crippen LogP contribution is -2.50. The Hall–Kier alpha value is -3.37. The summed E-state index contributed by atoms with van der Waals surface area (Å²) in [5.41, 5.74) is 12.4. The average Bonchev–Trinajstić information content (AvgIpc) is 2.89. The molecule has 0 spiro atoms. The highest BCUT2D eigenvalue weighted by molar-refractivity contribution is 6.03. The van der Waals surface area contributed by atoms with Gasteiger partial charge in [-0.05, 0) is 109 Å². The molecule has 0 heterocycles. The number of carbonyl (C=O) groups excluding carboxylic acids is 1. The predicted molar refractivity (Wildman–Crippen MR) is 157 cm³/mol. The van der Waals surface area contributed by atoms with Crippen LogP contribution in [0.3, 0.4) is 0 Å². The van der Waals surface area contributed by atoms with Gasteiger partial charge in [0.15, 0.2) is 0 Å². The summed E-state index contributed by atoms with van der Waals surface area (Å²) in [6.45, 7) is 2.21. The van der Waals surface area contributed by atoms with Gasteiger partial charge in [-0.25, -0.2) is 0 Å². The summed E-state index contributed by atoms with van der Waals surface area (Å²) in [5, 5.41) is 2.90. The van der Waals surface area contributed by atoms with Crippen LogP contribution in [0.25, 0.3) is 17.2 Å². The summed E-state index contributed by atoms with van der Waals surface area (Å²) in [6, 6.07) is 24.4. The van der Waals surface area contributed by atoms with E-state index in [2.05, 4.69) is 41.5 Å². The molecule has 0 aliphatic heterocycles. The Morgan fingerprint density at radius 3 is 2.21 bits per heavy atom. The number of rotatable bonds is 8. The van der Waals surface area contributed by atoms with Crippen molar-refractivity contribution in [3.63, 3.8) is 0 Å². The van der Waals surface area contributed by atoms with E-state index >= 15 is 0 Å². The van der Waals surface area contributed by atoms with Gasteiger partial charge in [-0.1, -0.05) is 60.7 Å². The smallest absolute Gasteiger partial charge is 0.248 e. The molecule has 1 amide bonds. The van der Waals surface area contributed by atoms with Crippen LogP contribution in [0.1, 0.15) is 49.7 Å². The summed E-state index contributed by atoms with van der Waals surface area (Å²) >= 11 is 0. The summed E-state index contributed by atoms with van der Waals surface area (Å²) < 4.78 is 0. The second-order valence-corrected chi connectivity index (χ2v) is 12.3. The van der Waals surface area contributed by atoms with Crippen molar-refractivity contribution in [1.29, 1.82) is 0 Å². The fourth-order valence-corrected chi connectivity index (χ4v) is 7.99. The Morgan fingerprint density at radius 2 is 1.58 bits per heavy atom. The van der Waals surface area contributed by atoms with E-state index in [4.69, 9.17) is 5.73 Å². The third-order valence-corrected chi connectivity index (χ3v) is 9.05. The van der Waals surface area contributed by atoms with Gasteiger partial charge in [-0.15, -0.1) is 0 Å². The molecule has 0 aromatic heterocycles. The molecular weight excluding hydrogens is 466 g/mol. The highest BCUT2D eigenvalue weighted by atomic mass is 16.1.